The number of carboxylic acids is 1. The highest BCUT2D eigenvalue weighted by Crippen LogP contribution is 2.29. The van der Waals surface area contributed by atoms with Crippen LogP contribution in [0.2, 0.25) is 0 Å². The lowest BCUT2D eigenvalue weighted by atomic mass is 10.1. The van der Waals surface area contributed by atoms with Crippen LogP contribution in [0.3, 0.4) is 0 Å². The van der Waals surface area contributed by atoms with Gasteiger partial charge in [0.1, 0.15) is 10.4 Å². The third-order valence-electron chi connectivity index (χ3n) is 3.90. The van der Waals surface area contributed by atoms with Gasteiger partial charge in [-0.05, 0) is 11.1 Å². The lowest BCUT2D eigenvalue weighted by Crippen LogP contribution is -2.47. The smallest absolute Gasteiger partial charge is 0.325 e. The summed E-state index contributed by atoms with van der Waals surface area (Å²) in [5.74, 6) is -0.259. The van der Waals surface area contributed by atoms with E-state index < -0.39 is 12.0 Å². The maximum absolute atomic E-state index is 11.8. The molecule has 1 aliphatic heterocycles. The number of hydrogen-bond acceptors (Lipinski definition) is 4. The Labute approximate surface area is 151 Å². The standard InChI is InChI=1S/C18H18N2O2S2/c21-17(22)16(15-9-5-2-6-10-15)20-12-19(18(23)24-13-20)11-14-7-3-1-4-8-14/h1-10,16H,11-13H2,(H,21,22). The van der Waals surface area contributed by atoms with Gasteiger partial charge in [0.2, 0.25) is 0 Å². The average Bonchev–Trinajstić information content (AvgIpc) is 2.59. The lowest BCUT2D eigenvalue weighted by Gasteiger charge is -2.39. The van der Waals surface area contributed by atoms with Crippen molar-refractivity contribution in [2.45, 2.75) is 12.6 Å². The zero-order valence-electron chi connectivity index (χ0n) is 13.0. The summed E-state index contributed by atoms with van der Waals surface area (Å²) >= 11 is 6.98. The predicted octanol–water partition coefficient (Wildman–Crippen LogP) is 3.56. The second-order valence-corrected chi connectivity index (χ2v) is 7.18. The Morgan fingerprint density at radius 1 is 1.12 bits per heavy atom. The van der Waals surface area contributed by atoms with E-state index in [1.54, 1.807) is 0 Å². The summed E-state index contributed by atoms with van der Waals surface area (Å²) in [5, 5.41) is 9.72. The van der Waals surface area contributed by atoms with Gasteiger partial charge in [-0.1, -0.05) is 84.6 Å². The molecule has 0 aromatic heterocycles. The zero-order valence-corrected chi connectivity index (χ0v) is 14.7. The first-order valence-electron chi connectivity index (χ1n) is 7.62. The Kier molecular flexibility index (Phi) is 5.50. The van der Waals surface area contributed by atoms with Crippen molar-refractivity contribution < 1.29 is 9.90 Å². The molecule has 0 spiro atoms. The van der Waals surface area contributed by atoms with E-state index >= 15 is 0 Å². The Balaban J connectivity index is 1.78. The molecule has 2 aromatic carbocycles. The van der Waals surface area contributed by atoms with Crippen LogP contribution in [0.1, 0.15) is 17.2 Å². The third kappa shape index (κ3) is 3.95. The highest BCUT2D eigenvalue weighted by molar-refractivity contribution is 8.22. The van der Waals surface area contributed by atoms with Gasteiger partial charge in [0, 0.05) is 6.54 Å². The molecule has 0 aliphatic carbocycles. The number of benzene rings is 2. The van der Waals surface area contributed by atoms with Gasteiger partial charge in [-0.2, -0.15) is 0 Å². The fraction of sp³-hybridized carbons (Fsp3) is 0.222. The highest BCUT2D eigenvalue weighted by Gasteiger charge is 2.32. The van der Waals surface area contributed by atoms with Crippen LogP contribution in [0, 0.1) is 0 Å². The summed E-state index contributed by atoms with van der Waals surface area (Å²) in [7, 11) is 0. The van der Waals surface area contributed by atoms with Crippen LogP contribution in [-0.4, -0.2) is 37.7 Å². The Morgan fingerprint density at radius 2 is 1.75 bits per heavy atom. The Morgan fingerprint density at radius 3 is 2.38 bits per heavy atom. The molecule has 6 heteroatoms. The molecule has 1 unspecified atom stereocenters. The highest BCUT2D eigenvalue weighted by atomic mass is 32.2. The minimum absolute atomic E-state index is 0.507. The van der Waals surface area contributed by atoms with Crippen molar-refractivity contribution in [3.8, 4) is 0 Å². The molecule has 1 heterocycles. The summed E-state index contributed by atoms with van der Waals surface area (Å²) in [6.45, 7) is 1.19. The first-order chi connectivity index (χ1) is 11.6. The van der Waals surface area contributed by atoms with Crippen LogP contribution in [0.25, 0.3) is 0 Å². The third-order valence-corrected chi connectivity index (χ3v) is 5.47. The van der Waals surface area contributed by atoms with Gasteiger partial charge < -0.3 is 10.0 Å². The number of rotatable bonds is 5. The van der Waals surface area contributed by atoms with Crippen LogP contribution in [-0.2, 0) is 11.3 Å². The van der Waals surface area contributed by atoms with Crippen molar-refractivity contribution in [2.24, 2.45) is 0 Å². The summed E-state index contributed by atoms with van der Waals surface area (Å²) < 4.78 is 0.812. The second kappa shape index (κ2) is 7.79. The SMILES string of the molecule is O=C(O)C(c1ccccc1)N1CSC(=S)N(Cc2ccccc2)C1. The molecule has 1 aliphatic rings. The average molecular weight is 358 g/mol. The van der Waals surface area contributed by atoms with E-state index in [4.69, 9.17) is 12.2 Å². The molecule has 4 nitrogen and oxygen atoms in total. The minimum Gasteiger partial charge on any atom is -0.480 e. The topological polar surface area (TPSA) is 43.8 Å². The molecule has 0 bridgehead atoms. The first kappa shape index (κ1) is 17.0. The first-order valence-corrected chi connectivity index (χ1v) is 9.02. The van der Waals surface area contributed by atoms with E-state index in [2.05, 4.69) is 17.0 Å². The molecule has 1 saturated heterocycles. The van der Waals surface area contributed by atoms with E-state index in [1.807, 2.05) is 53.4 Å². The van der Waals surface area contributed by atoms with Crippen LogP contribution in [0.5, 0.6) is 0 Å². The minimum atomic E-state index is -0.839. The van der Waals surface area contributed by atoms with Crippen LogP contribution >= 0.6 is 24.0 Å². The second-order valence-electron chi connectivity index (χ2n) is 5.60. The maximum Gasteiger partial charge on any atom is 0.325 e. The van der Waals surface area contributed by atoms with Crippen LogP contribution in [0.4, 0.5) is 0 Å². The maximum atomic E-state index is 11.8. The molecule has 3 rings (SSSR count). The Bertz CT molecular complexity index is 709. The number of nitrogens with zero attached hydrogens (tertiary/aromatic N) is 2. The lowest BCUT2D eigenvalue weighted by molar-refractivity contribution is -0.143. The van der Waals surface area contributed by atoms with E-state index in [0.29, 0.717) is 19.1 Å². The molecule has 0 saturated carbocycles. The van der Waals surface area contributed by atoms with E-state index in [9.17, 15) is 9.90 Å². The monoisotopic (exact) mass is 358 g/mol. The molecule has 2 aromatic rings. The largest absolute Gasteiger partial charge is 0.480 e. The van der Waals surface area contributed by atoms with E-state index in [0.717, 1.165) is 15.4 Å². The van der Waals surface area contributed by atoms with Gasteiger partial charge in [0.15, 0.2) is 0 Å². The molecule has 0 radical (unpaired) electrons. The molecular formula is C18H18N2O2S2. The van der Waals surface area contributed by atoms with Gasteiger partial charge in [-0.3, -0.25) is 9.69 Å². The number of aliphatic carboxylic acids is 1. The fourth-order valence-corrected chi connectivity index (χ4v) is 3.86. The number of thiocarbonyl (C=S) groups is 1. The van der Waals surface area contributed by atoms with Gasteiger partial charge in [0.25, 0.3) is 0 Å². The van der Waals surface area contributed by atoms with Crippen LogP contribution < -0.4 is 0 Å². The fourth-order valence-electron chi connectivity index (χ4n) is 2.77. The normalized spacial score (nSPS) is 16.8. The molecule has 24 heavy (non-hydrogen) atoms. The van der Waals surface area contributed by atoms with Gasteiger partial charge in [-0.15, -0.1) is 0 Å². The van der Waals surface area contributed by atoms with Gasteiger partial charge in [-0.25, -0.2) is 0 Å². The molecule has 124 valence electrons. The van der Waals surface area contributed by atoms with Crippen molar-refractivity contribution >= 4 is 34.3 Å². The molecular weight excluding hydrogens is 340 g/mol. The van der Waals surface area contributed by atoms with Crippen molar-refractivity contribution in [2.75, 3.05) is 12.5 Å². The summed E-state index contributed by atoms with van der Waals surface area (Å²) in [4.78, 5) is 15.8. The molecule has 0 amide bonds. The predicted molar refractivity (Wildman–Crippen MR) is 101 cm³/mol. The molecule has 1 atom stereocenters. The van der Waals surface area contributed by atoms with Crippen molar-refractivity contribution in [1.82, 2.24) is 9.80 Å². The van der Waals surface area contributed by atoms with E-state index in [1.165, 1.54) is 11.8 Å². The number of thioether (sulfide) groups is 1. The number of carbonyl (C=O) groups is 1. The van der Waals surface area contributed by atoms with Crippen molar-refractivity contribution in [1.29, 1.82) is 0 Å². The zero-order chi connectivity index (χ0) is 16.9. The van der Waals surface area contributed by atoms with Gasteiger partial charge in [0.05, 0.1) is 12.5 Å². The number of carboxylic acid groups (broad SMARTS) is 1. The van der Waals surface area contributed by atoms with Crippen LogP contribution in [0.15, 0.2) is 60.7 Å². The Hall–Kier alpha value is -1.89. The van der Waals surface area contributed by atoms with Crippen molar-refractivity contribution in [3.63, 3.8) is 0 Å². The van der Waals surface area contributed by atoms with Gasteiger partial charge >= 0.3 is 5.97 Å². The van der Waals surface area contributed by atoms with Crippen molar-refractivity contribution in [3.05, 3.63) is 71.8 Å². The summed E-state index contributed by atoms with van der Waals surface area (Å²) in [5.41, 5.74) is 1.95. The molecule has 1 N–H and O–H groups in total. The summed E-state index contributed by atoms with van der Waals surface area (Å²) in [6.07, 6.45) is 0. The molecule has 1 fully saturated rings. The summed E-state index contributed by atoms with van der Waals surface area (Å²) in [6, 6.07) is 18.8. The quantitative estimate of drug-likeness (QED) is 0.825. The number of hydrogen-bond donors (Lipinski definition) is 1. The van der Waals surface area contributed by atoms with E-state index in [-0.39, 0.29) is 0 Å².